The molecule has 0 fully saturated rings. The Morgan fingerprint density at radius 2 is 2.25 bits per heavy atom. The Balaban J connectivity index is 2.40. The lowest BCUT2D eigenvalue weighted by molar-refractivity contribution is 0.101. The molecule has 2 rings (SSSR count). The molecule has 0 aromatic heterocycles. The predicted molar refractivity (Wildman–Crippen MR) is 42.6 cm³/mol. The van der Waals surface area contributed by atoms with Crippen molar-refractivity contribution >= 4 is 5.78 Å². The Bertz CT molecular complexity index is 401. The van der Waals surface area contributed by atoms with E-state index < -0.39 is 6.75 Å². The number of benzene rings is 1. The monoisotopic (exact) mass is 166 g/mol. The first-order chi connectivity index (χ1) is 6.48. The molecule has 3 heteroatoms. The molecule has 0 spiro atoms. The molecule has 0 amide bonds. The fraction of sp³-hybridized carbons (Fsp3) is 0.222. The number of fused-ring (bicyclic) bond motifs is 1. The molecule has 62 valence electrons. The lowest BCUT2D eigenvalue weighted by Gasteiger charge is -1.97. The Kier molecular flexibility index (Phi) is 1.09. The average molecular weight is 166 g/mol. The van der Waals surface area contributed by atoms with Crippen molar-refractivity contribution in [2.75, 3.05) is 6.75 Å². The van der Waals surface area contributed by atoms with Crippen LogP contribution in [0.4, 0.5) is 0 Å². The van der Waals surface area contributed by atoms with Crippen LogP contribution in [0, 0.1) is 0 Å². The second-order valence-corrected chi connectivity index (χ2v) is 2.51. The van der Waals surface area contributed by atoms with E-state index >= 15 is 0 Å². The standard InChI is InChI=1S/C9H8O3/c1-6(10)7-2-3-8-9(4-7)12-5-11-8/h2-4H,5H2,1H3/i5D2. The van der Waals surface area contributed by atoms with Crippen LogP contribution in [0.25, 0.3) is 0 Å². The zero-order valence-electron chi connectivity index (χ0n) is 8.46. The van der Waals surface area contributed by atoms with E-state index in [1.165, 1.54) is 19.1 Å². The summed E-state index contributed by atoms with van der Waals surface area (Å²) < 4.78 is 24.0. The average Bonchev–Trinajstić information content (AvgIpc) is 2.36. The van der Waals surface area contributed by atoms with Crippen LogP contribution < -0.4 is 9.47 Å². The van der Waals surface area contributed by atoms with Gasteiger partial charge in [0, 0.05) is 5.56 Å². The van der Waals surface area contributed by atoms with Crippen molar-refractivity contribution in [1.82, 2.24) is 0 Å². The molecule has 0 saturated heterocycles. The maximum atomic E-state index is 11.0. The van der Waals surface area contributed by atoms with Crippen LogP contribution in [-0.2, 0) is 0 Å². The summed E-state index contributed by atoms with van der Waals surface area (Å²) in [5.41, 5.74) is 0.477. The molecule has 0 bridgehead atoms. The third-order valence-corrected chi connectivity index (χ3v) is 1.65. The van der Waals surface area contributed by atoms with Crippen molar-refractivity contribution in [3.8, 4) is 11.5 Å². The topological polar surface area (TPSA) is 35.5 Å². The van der Waals surface area contributed by atoms with Gasteiger partial charge in [-0.3, -0.25) is 4.79 Å². The minimum absolute atomic E-state index is 0.0936. The second-order valence-electron chi connectivity index (χ2n) is 2.51. The third kappa shape index (κ3) is 1.03. The molecule has 1 aromatic carbocycles. The fourth-order valence-corrected chi connectivity index (χ4v) is 1.00. The van der Waals surface area contributed by atoms with Crippen LogP contribution in [0.2, 0.25) is 0 Å². The smallest absolute Gasteiger partial charge is 0.231 e. The van der Waals surface area contributed by atoms with Gasteiger partial charge in [0.15, 0.2) is 17.3 Å². The Morgan fingerprint density at radius 1 is 1.50 bits per heavy atom. The minimum Gasteiger partial charge on any atom is -0.454 e. The van der Waals surface area contributed by atoms with Crippen molar-refractivity contribution in [3.63, 3.8) is 0 Å². The van der Waals surface area contributed by atoms with Gasteiger partial charge in [-0.2, -0.15) is 0 Å². The van der Waals surface area contributed by atoms with Gasteiger partial charge in [-0.05, 0) is 25.1 Å². The van der Waals surface area contributed by atoms with E-state index in [2.05, 4.69) is 0 Å². The summed E-state index contributed by atoms with van der Waals surface area (Å²) in [6.07, 6.45) is 0. The highest BCUT2D eigenvalue weighted by Crippen LogP contribution is 2.32. The quantitative estimate of drug-likeness (QED) is 0.594. The van der Waals surface area contributed by atoms with Crippen LogP contribution in [0.3, 0.4) is 0 Å². The lowest BCUT2D eigenvalue weighted by atomic mass is 10.1. The van der Waals surface area contributed by atoms with Crippen LogP contribution >= 0.6 is 0 Å². The number of rotatable bonds is 1. The van der Waals surface area contributed by atoms with E-state index in [9.17, 15) is 4.79 Å². The highest BCUT2D eigenvalue weighted by atomic mass is 16.7. The maximum absolute atomic E-state index is 11.0. The first-order valence-electron chi connectivity index (χ1n) is 4.51. The van der Waals surface area contributed by atoms with Crippen molar-refractivity contribution in [3.05, 3.63) is 23.8 Å². The van der Waals surface area contributed by atoms with Crippen LogP contribution in [0.15, 0.2) is 18.2 Å². The van der Waals surface area contributed by atoms with Gasteiger partial charge in [-0.15, -0.1) is 0 Å². The van der Waals surface area contributed by atoms with Gasteiger partial charge in [0.05, 0.1) is 0 Å². The maximum Gasteiger partial charge on any atom is 0.231 e. The summed E-state index contributed by atoms with van der Waals surface area (Å²) >= 11 is 0. The van der Waals surface area contributed by atoms with E-state index in [4.69, 9.17) is 12.2 Å². The van der Waals surface area contributed by atoms with Gasteiger partial charge in [0.25, 0.3) is 0 Å². The van der Waals surface area contributed by atoms with Gasteiger partial charge in [0.2, 0.25) is 6.75 Å². The summed E-state index contributed by atoms with van der Waals surface area (Å²) in [7, 11) is 0. The van der Waals surface area contributed by atoms with E-state index in [1.54, 1.807) is 6.07 Å². The van der Waals surface area contributed by atoms with Crippen LogP contribution in [0.1, 0.15) is 20.0 Å². The molecule has 0 unspecified atom stereocenters. The summed E-state index contributed by atoms with van der Waals surface area (Å²) in [5, 5.41) is 0. The molecule has 12 heavy (non-hydrogen) atoms. The van der Waals surface area contributed by atoms with Crippen molar-refractivity contribution in [1.29, 1.82) is 0 Å². The Hall–Kier alpha value is -1.51. The number of ketones is 1. The third-order valence-electron chi connectivity index (χ3n) is 1.65. The highest BCUT2D eigenvalue weighted by molar-refractivity contribution is 5.94. The van der Waals surface area contributed by atoms with E-state index in [1.807, 2.05) is 0 Å². The molecular formula is C9H8O3. The number of Topliss-reactive ketones (excluding diaryl/α,β-unsaturated/α-hetero) is 1. The van der Waals surface area contributed by atoms with Crippen molar-refractivity contribution in [2.24, 2.45) is 0 Å². The number of carbonyl (C=O) groups excluding carboxylic acids is 1. The molecule has 1 aliphatic rings. The summed E-state index contributed by atoms with van der Waals surface area (Å²) in [4.78, 5) is 11.0. The molecule has 0 atom stereocenters. The summed E-state index contributed by atoms with van der Waals surface area (Å²) in [6.45, 7) is -0.691. The zero-order chi connectivity index (χ0) is 10.3. The number of ether oxygens (including phenoxy) is 2. The Morgan fingerprint density at radius 3 is 3.00 bits per heavy atom. The molecule has 3 nitrogen and oxygen atoms in total. The molecule has 0 radical (unpaired) electrons. The Labute approximate surface area is 72.7 Å². The van der Waals surface area contributed by atoms with Gasteiger partial charge in [-0.25, -0.2) is 0 Å². The SMILES string of the molecule is [2H]C1([2H])Oc2ccc(C(C)=O)cc2O1. The summed E-state index contributed by atoms with van der Waals surface area (Å²) in [6, 6.07) is 4.57. The largest absolute Gasteiger partial charge is 0.454 e. The number of hydrogen-bond acceptors (Lipinski definition) is 3. The number of hydrogen-bond donors (Lipinski definition) is 0. The first kappa shape index (κ1) is 5.19. The van der Waals surface area contributed by atoms with Crippen LogP contribution in [0.5, 0.6) is 11.5 Å². The van der Waals surface area contributed by atoms with E-state index in [-0.39, 0.29) is 11.5 Å². The molecular weight excluding hydrogens is 156 g/mol. The highest BCUT2D eigenvalue weighted by Gasteiger charge is 2.13. The fourth-order valence-electron chi connectivity index (χ4n) is 1.00. The van der Waals surface area contributed by atoms with E-state index in [0.717, 1.165) is 0 Å². The van der Waals surface area contributed by atoms with Gasteiger partial charge < -0.3 is 9.47 Å². The predicted octanol–water partition coefficient (Wildman–Crippen LogP) is 1.62. The second kappa shape index (κ2) is 2.52. The molecule has 0 aliphatic carbocycles. The van der Waals surface area contributed by atoms with E-state index in [0.29, 0.717) is 11.3 Å². The molecule has 1 heterocycles. The van der Waals surface area contributed by atoms with Crippen LogP contribution in [-0.4, -0.2) is 12.5 Å². The molecule has 1 aromatic rings. The zero-order valence-corrected chi connectivity index (χ0v) is 6.46. The molecule has 1 aliphatic heterocycles. The van der Waals surface area contributed by atoms with Gasteiger partial charge >= 0.3 is 0 Å². The first-order valence-corrected chi connectivity index (χ1v) is 3.51. The lowest BCUT2D eigenvalue weighted by Crippen LogP contribution is -1.93. The van der Waals surface area contributed by atoms with Crippen molar-refractivity contribution in [2.45, 2.75) is 6.92 Å². The normalized spacial score (nSPS) is 19.8. The minimum atomic E-state index is -2.13. The number of carbonyl (C=O) groups is 1. The van der Waals surface area contributed by atoms with Crippen molar-refractivity contribution < 1.29 is 17.0 Å². The molecule has 0 N–H and O–H groups in total. The van der Waals surface area contributed by atoms with Gasteiger partial charge in [-0.1, -0.05) is 0 Å². The summed E-state index contributed by atoms with van der Waals surface area (Å²) in [5.74, 6) is 0.492. The van der Waals surface area contributed by atoms with Gasteiger partial charge in [0.1, 0.15) is 2.74 Å². The molecule has 0 saturated carbocycles.